The molecule has 2 rings (SSSR count). The van der Waals surface area contributed by atoms with Crippen molar-refractivity contribution in [2.75, 3.05) is 26.9 Å². The Morgan fingerprint density at radius 2 is 2.44 bits per heavy atom. The van der Waals surface area contributed by atoms with Gasteiger partial charge in [-0.25, -0.2) is 0 Å². The standard InChI is InChI=1S/C12H15NO3/c1-15-10-3-2-9(7-14)11(6-10)12-8-16-5-4-13-12/h2-3,6-7,12-13H,4-5,8H2,1H3. The molecular formula is C12H15NO3. The van der Waals surface area contributed by atoms with Crippen molar-refractivity contribution in [2.45, 2.75) is 6.04 Å². The number of morpholine rings is 1. The average molecular weight is 221 g/mol. The highest BCUT2D eigenvalue weighted by atomic mass is 16.5. The van der Waals surface area contributed by atoms with Crippen LogP contribution in [0.2, 0.25) is 0 Å². The second-order valence-corrected chi connectivity index (χ2v) is 3.69. The highest BCUT2D eigenvalue weighted by molar-refractivity contribution is 5.78. The summed E-state index contributed by atoms with van der Waals surface area (Å²) >= 11 is 0. The molecular weight excluding hydrogens is 206 g/mol. The van der Waals surface area contributed by atoms with Crippen molar-refractivity contribution in [2.24, 2.45) is 0 Å². The summed E-state index contributed by atoms with van der Waals surface area (Å²) in [6.45, 7) is 2.12. The van der Waals surface area contributed by atoms with E-state index >= 15 is 0 Å². The Morgan fingerprint density at radius 3 is 3.06 bits per heavy atom. The van der Waals surface area contributed by atoms with Gasteiger partial charge in [0, 0.05) is 12.1 Å². The highest BCUT2D eigenvalue weighted by Gasteiger charge is 2.18. The minimum atomic E-state index is 0.0732. The summed E-state index contributed by atoms with van der Waals surface area (Å²) < 4.78 is 10.6. The predicted molar refractivity (Wildman–Crippen MR) is 59.9 cm³/mol. The molecule has 1 fully saturated rings. The van der Waals surface area contributed by atoms with Crippen molar-refractivity contribution in [3.63, 3.8) is 0 Å². The Hall–Kier alpha value is -1.39. The number of rotatable bonds is 3. The molecule has 0 amide bonds. The lowest BCUT2D eigenvalue weighted by atomic mass is 10.0. The molecule has 1 atom stereocenters. The van der Waals surface area contributed by atoms with Gasteiger partial charge in [-0.05, 0) is 23.8 Å². The predicted octanol–water partition coefficient (Wildman–Crippen LogP) is 1.17. The van der Waals surface area contributed by atoms with Crippen molar-refractivity contribution < 1.29 is 14.3 Å². The first-order chi connectivity index (χ1) is 7.85. The molecule has 1 unspecified atom stereocenters. The third kappa shape index (κ3) is 2.23. The van der Waals surface area contributed by atoms with Crippen LogP contribution >= 0.6 is 0 Å². The number of nitrogens with one attached hydrogen (secondary N) is 1. The molecule has 1 aromatic carbocycles. The number of aldehydes is 1. The average Bonchev–Trinajstić information content (AvgIpc) is 2.39. The van der Waals surface area contributed by atoms with E-state index in [1.54, 1.807) is 19.2 Å². The van der Waals surface area contributed by atoms with Crippen LogP contribution in [0.4, 0.5) is 0 Å². The van der Waals surface area contributed by atoms with Crippen LogP contribution in [-0.4, -0.2) is 33.2 Å². The maximum atomic E-state index is 11.0. The third-order valence-corrected chi connectivity index (χ3v) is 2.72. The van der Waals surface area contributed by atoms with Gasteiger partial charge in [0.25, 0.3) is 0 Å². The van der Waals surface area contributed by atoms with Gasteiger partial charge in [0.15, 0.2) is 0 Å². The largest absolute Gasteiger partial charge is 0.497 e. The molecule has 1 heterocycles. The number of carbonyl (C=O) groups is 1. The summed E-state index contributed by atoms with van der Waals surface area (Å²) in [5, 5.41) is 3.32. The summed E-state index contributed by atoms with van der Waals surface area (Å²) in [6, 6.07) is 5.52. The second-order valence-electron chi connectivity index (χ2n) is 3.69. The summed E-state index contributed by atoms with van der Waals surface area (Å²) in [5.41, 5.74) is 1.62. The molecule has 86 valence electrons. The molecule has 4 nitrogen and oxygen atoms in total. The Bertz CT molecular complexity index is 373. The summed E-state index contributed by atoms with van der Waals surface area (Å²) in [7, 11) is 1.62. The quantitative estimate of drug-likeness (QED) is 0.778. The molecule has 0 saturated carbocycles. The molecule has 1 aromatic rings. The van der Waals surface area contributed by atoms with Crippen LogP contribution in [0.1, 0.15) is 22.0 Å². The normalized spacial score (nSPS) is 20.4. The fraction of sp³-hybridized carbons (Fsp3) is 0.417. The number of ether oxygens (including phenoxy) is 2. The van der Waals surface area contributed by atoms with Crippen LogP contribution in [-0.2, 0) is 4.74 Å². The molecule has 0 spiro atoms. The topological polar surface area (TPSA) is 47.6 Å². The van der Waals surface area contributed by atoms with Crippen LogP contribution in [0.5, 0.6) is 5.75 Å². The van der Waals surface area contributed by atoms with Crippen LogP contribution < -0.4 is 10.1 Å². The van der Waals surface area contributed by atoms with E-state index in [0.717, 1.165) is 30.8 Å². The van der Waals surface area contributed by atoms with E-state index in [9.17, 15) is 4.79 Å². The highest BCUT2D eigenvalue weighted by Crippen LogP contribution is 2.24. The Kier molecular flexibility index (Phi) is 3.54. The monoisotopic (exact) mass is 221 g/mol. The maximum absolute atomic E-state index is 11.0. The van der Waals surface area contributed by atoms with Crippen molar-refractivity contribution in [3.8, 4) is 5.75 Å². The van der Waals surface area contributed by atoms with Crippen molar-refractivity contribution in [3.05, 3.63) is 29.3 Å². The zero-order chi connectivity index (χ0) is 11.4. The fourth-order valence-corrected chi connectivity index (χ4v) is 1.85. The van der Waals surface area contributed by atoms with E-state index < -0.39 is 0 Å². The first-order valence-corrected chi connectivity index (χ1v) is 5.29. The molecule has 0 aromatic heterocycles. The molecule has 1 aliphatic heterocycles. The smallest absolute Gasteiger partial charge is 0.150 e. The van der Waals surface area contributed by atoms with E-state index in [4.69, 9.17) is 9.47 Å². The van der Waals surface area contributed by atoms with Crippen molar-refractivity contribution in [1.82, 2.24) is 5.32 Å². The van der Waals surface area contributed by atoms with Crippen LogP contribution in [0.15, 0.2) is 18.2 Å². The number of carbonyl (C=O) groups excluding carboxylic acids is 1. The lowest BCUT2D eigenvalue weighted by molar-refractivity contribution is 0.0764. The maximum Gasteiger partial charge on any atom is 0.150 e. The van der Waals surface area contributed by atoms with Gasteiger partial charge >= 0.3 is 0 Å². The van der Waals surface area contributed by atoms with Gasteiger partial charge in [0.1, 0.15) is 12.0 Å². The first-order valence-electron chi connectivity index (χ1n) is 5.29. The molecule has 0 aliphatic carbocycles. The van der Waals surface area contributed by atoms with E-state index in [1.165, 1.54) is 0 Å². The number of hydrogen-bond acceptors (Lipinski definition) is 4. The van der Waals surface area contributed by atoms with Gasteiger partial charge < -0.3 is 14.8 Å². The third-order valence-electron chi connectivity index (χ3n) is 2.72. The fourth-order valence-electron chi connectivity index (χ4n) is 1.85. The first kappa shape index (κ1) is 11.1. The van der Waals surface area contributed by atoms with Gasteiger partial charge in [0.2, 0.25) is 0 Å². The summed E-state index contributed by atoms with van der Waals surface area (Å²) in [5.74, 6) is 0.757. The van der Waals surface area contributed by atoms with Gasteiger partial charge in [-0.15, -0.1) is 0 Å². The molecule has 0 radical (unpaired) electrons. The van der Waals surface area contributed by atoms with Crippen molar-refractivity contribution >= 4 is 6.29 Å². The number of methoxy groups -OCH3 is 1. The zero-order valence-corrected chi connectivity index (χ0v) is 9.23. The number of benzene rings is 1. The van der Waals surface area contributed by atoms with Gasteiger partial charge in [0.05, 0.1) is 26.4 Å². The van der Waals surface area contributed by atoms with E-state index in [-0.39, 0.29) is 6.04 Å². The van der Waals surface area contributed by atoms with E-state index in [0.29, 0.717) is 12.2 Å². The van der Waals surface area contributed by atoms with Crippen LogP contribution in [0.25, 0.3) is 0 Å². The van der Waals surface area contributed by atoms with Crippen LogP contribution in [0, 0.1) is 0 Å². The minimum absolute atomic E-state index is 0.0732. The Morgan fingerprint density at radius 1 is 1.56 bits per heavy atom. The Labute approximate surface area is 94.6 Å². The summed E-state index contributed by atoms with van der Waals surface area (Å²) in [4.78, 5) is 11.0. The second kappa shape index (κ2) is 5.09. The lowest BCUT2D eigenvalue weighted by Gasteiger charge is -2.25. The Balaban J connectivity index is 2.31. The van der Waals surface area contributed by atoms with Gasteiger partial charge in [-0.1, -0.05) is 0 Å². The minimum Gasteiger partial charge on any atom is -0.497 e. The molecule has 1 N–H and O–H groups in total. The van der Waals surface area contributed by atoms with Crippen LogP contribution in [0.3, 0.4) is 0 Å². The zero-order valence-electron chi connectivity index (χ0n) is 9.23. The lowest BCUT2D eigenvalue weighted by Crippen LogP contribution is -2.35. The molecule has 1 aliphatic rings. The molecule has 0 bridgehead atoms. The molecule has 16 heavy (non-hydrogen) atoms. The van der Waals surface area contributed by atoms with E-state index in [1.807, 2.05) is 6.07 Å². The van der Waals surface area contributed by atoms with Crippen molar-refractivity contribution in [1.29, 1.82) is 0 Å². The molecule has 4 heteroatoms. The van der Waals surface area contributed by atoms with E-state index in [2.05, 4.69) is 5.32 Å². The number of hydrogen-bond donors (Lipinski definition) is 1. The van der Waals surface area contributed by atoms with Gasteiger partial charge in [-0.3, -0.25) is 4.79 Å². The van der Waals surface area contributed by atoms with Gasteiger partial charge in [-0.2, -0.15) is 0 Å². The SMILES string of the molecule is COc1ccc(C=O)c(C2COCCN2)c1. The summed E-state index contributed by atoms with van der Waals surface area (Å²) in [6.07, 6.45) is 0.866. The molecule has 1 saturated heterocycles.